The average Bonchev–Trinajstić information content (AvgIpc) is 3.00. The topological polar surface area (TPSA) is 29.1 Å². The van der Waals surface area contributed by atoms with Crippen LogP contribution in [0.15, 0.2) is 6.07 Å². The third-order valence-corrected chi connectivity index (χ3v) is 4.68. The summed E-state index contributed by atoms with van der Waals surface area (Å²) in [5.41, 5.74) is 1.47. The van der Waals surface area contributed by atoms with Crippen molar-refractivity contribution in [1.82, 2.24) is 0 Å². The van der Waals surface area contributed by atoms with Crippen molar-refractivity contribution >= 4 is 22.2 Å². The van der Waals surface area contributed by atoms with Gasteiger partial charge in [0.15, 0.2) is 0 Å². The number of hydrogen-bond acceptors (Lipinski definition) is 2. The standard InChI is InChI=1S/C13H17NOS/c1-8-2-5-11-10(6-8)7-12(16-11)14-13(15)9-3-4-9/h7-9H,2-6H2,1H3,(H,14,15). The van der Waals surface area contributed by atoms with Gasteiger partial charge in [-0.2, -0.15) is 0 Å². The molecule has 1 heterocycles. The number of amides is 1. The molecule has 86 valence electrons. The molecular formula is C13H17NOS. The number of carbonyl (C=O) groups excluding carboxylic acids is 1. The molecule has 0 aromatic carbocycles. The molecule has 0 bridgehead atoms. The lowest BCUT2D eigenvalue weighted by molar-refractivity contribution is -0.117. The van der Waals surface area contributed by atoms with Crippen molar-refractivity contribution < 1.29 is 4.79 Å². The summed E-state index contributed by atoms with van der Waals surface area (Å²) in [5.74, 6) is 1.33. The van der Waals surface area contributed by atoms with Crippen LogP contribution in [0.3, 0.4) is 0 Å². The zero-order chi connectivity index (χ0) is 11.1. The van der Waals surface area contributed by atoms with Crippen LogP contribution < -0.4 is 5.32 Å². The first-order valence-electron chi connectivity index (χ1n) is 6.15. The molecule has 0 spiro atoms. The van der Waals surface area contributed by atoms with E-state index in [0.717, 1.165) is 23.8 Å². The van der Waals surface area contributed by atoms with Crippen molar-refractivity contribution in [3.63, 3.8) is 0 Å². The zero-order valence-electron chi connectivity index (χ0n) is 9.58. The maximum atomic E-state index is 11.6. The monoisotopic (exact) mass is 235 g/mol. The molecule has 1 aromatic heterocycles. The molecule has 1 atom stereocenters. The van der Waals surface area contributed by atoms with Gasteiger partial charge in [-0.05, 0) is 49.7 Å². The molecule has 0 saturated heterocycles. The maximum absolute atomic E-state index is 11.6. The van der Waals surface area contributed by atoms with E-state index in [2.05, 4.69) is 18.3 Å². The Morgan fingerprint density at radius 3 is 3.00 bits per heavy atom. The maximum Gasteiger partial charge on any atom is 0.228 e. The molecule has 1 saturated carbocycles. The second-order valence-corrected chi connectivity index (χ2v) is 6.31. The normalized spacial score (nSPS) is 23.9. The summed E-state index contributed by atoms with van der Waals surface area (Å²) in [5, 5.41) is 4.12. The molecule has 16 heavy (non-hydrogen) atoms. The first kappa shape index (κ1) is 10.3. The van der Waals surface area contributed by atoms with Gasteiger partial charge in [0.25, 0.3) is 0 Å². The number of anilines is 1. The Kier molecular flexibility index (Phi) is 2.51. The van der Waals surface area contributed by atoms with Gasteiger partial charge in [0.05, 0.1) is 5.00 Å². The van der Waals surface area contributed by atoms with E-state index >= 15 is 0 Å². The minimum Gasteiger partial charge on any atom is -0.317 e. The van der Waals surface area contributed by atoms with E-state index in [4.69, 9.17) is 0 Å². The Morgan fingerprint density at radius 1 is 1.44 bits per heavy atom. The van der Waals surface area contributed by atoms with Gasteiger partial charge < -0.3 is 5.32 Å². The first-order valence-corrected chi connectivity index (χ1v) is 6.96. The SMILES string of the molecule is CC1CCc2sc(NC(=O)C3CC3)cc2C1. The third-order valence-electron chi connectivity index (χ3n) is 3.52. The fraction of sp³-hybridized carbons (Fsp3) is 0.615. The third kappa shape index (κ3) is 2.01. The van der Waals surface area contributed by atoms with Crippen LogP contribution in [0.4, 0.5) is 5.00 Å². The molecule has 2 nitrogen and oxygen atoms in total. The van der Waals surface area contributed by atoms with Crippen molar-refractivity contribution in [2.24, 2.45) is 11.8 Å². The van der Waals surface area contributed by atoms with Crippen LogP contribution in [0.2, 0.25) is 0 Å². The van der Waals surface area contributed by atoms with Gasteiger partial charge in [-0.3, -0.25) is 4.79 Å². The minimum absolute atomic E-state index is 0.228. The second kappa shape index (κ2) is 3.88. The van der Waals surface area contributed by atoms with Crippen LogP contribution >= 0.6 is 11.3 Å². The van der Waals surface area contributed by atoms with Gasteiger partial charge in [0.2, 0.25) is 5.91 Å². The zero-order valence-corrected chi connectivity index (χ0v) is 10.4. The lowest BCUT2D eigenvalue weighted by Crippen LogP contribution is -2.12. The number of carbonyl (C=O) groups is 1. The Balaban J connectivity index is 1.73. The Morgan fingerprint density at radius 2 is 2.25 bits per heavy atom. The highest BCUT2D eigenvalue weighted by molar-refractivity contribution is 7.16. The summed E-state index contributed by atoms with van der Waals surface area (Å²) in [6.07, 6.45) is 5.83. The summed E-state index contributed by atoms with van der Waals surface area (Å²) in [6.45, 7) is 2.31. The van der Waals surface area contributed by atoms with Crippen LogP contribution in [-0.2, 0) is 17.6 Å². The van der Waals surface area contributed by atoms with Gasteiger partial charge in [0.1, 0.15) is 0 Å². The predicted octanol–water partition coefficient (Wildman–Crippen LogP) is 3.22. The van der Waals surface area contributed by atoms with Crippen molar-refractivity contribution in [2.75, 3.05) is 5.32 Å². The lowest BCUT2D eigenvalue weighted by atomic mass is 9.90. The molecule has 0 radical (unpaired) electrons. The van der Waals surface area contributed by atoms with Crippen molar-refractivity contribution in [2.45, 2.75) is 39.0 Å². The highest BCUT2D eigenvalue weighted by Gasteiger charge is 2.30. The van der Waals surface area contributed by atoms with Crippen LogP contribution in [0.1, 0.15) is 36.6 Å². The number of aryl methyl sites for hydroxylation is 1. The molecule has 2 aliphatic carbocycles. The molecule has 1 unspecified atom stereocenters. The number of fused-ring (bicyclic) bond motifs is 1. The fourth-order valence-electron chi connectivity index (χ4n) is 2.34. The highest BCUT2D eigenvalue weighted by atomic mass is 32.1. The molecule has 2 aliphatic rings. The minimum atomic E-state index is 0.228. The van der Waals surface area contributed by atoms with Crippen molar-refractivity contribution in [3.05, 3.63) is 16.5 Å². The largest absolute Gasteiger partial charge is 0.317 e. The summed E-state index contributed by atoms with van der Waals surface area (Å²) >= 11 is 1.78. The van der Waals surface area contributed by atoms with Crippen LogP contribution in [0, 0.1) is 11.8 Å². The van der Waals surface area contributed by atoms with E-state index in [1.165, 1.54) is 29.7 Å². The quantitative estimate of drug-likeness (QED) is 0.838. The first-order chi connectivity index (χ1) is 7.72. The summed E-state index contributed by atoms with van der Waals surface area (Å²) in [4.78, 5) is 13.1. The number of nitrogens with one attached hydrogen (secondary N) is 1. The van der Waals surface area contributed by atoms with E-state index in [-0.39, 0.29) is 5.91 Å². The van der Waals surface area contributed by atoms with Gasteiger partial charge in [-0.1, -0.05) is 6.92 Å². The van der Waals surface area contributed by atoms with Crippen molar-refractivity contribution in [3.8, 4) is 0 Å². The van der Waals surface area contributed by atoms with E-state index < -0.39 is 0 Å². The van der Waals surface area contributed by atoms with Gasteiger partial charge in [-0.25, -0.2) is 0 Å². The number of hydrogen-bond donors (Lipinski definition) is 1. The molecule has 1 N–H and O–H groups in total. The molecule has 1 amide bonds. The number of thiophene rings is 1. The van der Waals surface area contributed by atoms with Gasteiger partial charge >= 0.3 is 0 Å². The predicted molar refractivity (Wildman–Crippen MR) is 66.9 cm³/mol. The average molecular weight is 235 g/mol. The molecule has 1 aromatic rings. The summed E-state index contributed by atoms with van der Waals surface area (Å²) in [7, 11) is 0. The van der Waals surface area contributed by atoms with E-state index in [1.807, 2.05) is 0 Å². The van der Waals surface area contributed by atoms with Crippen LogP contribution in [0.5, 0.6) is 0 Å². The van der Waals surface area contributed by atoms with E-state index in [1.54, 1.807) is 11.3 Å². The fourth-order valence-corrected chi connectivity index (χ4v) is 3.45. The molecule has 0 aliphatic heterocycles. The highest BCUT2D eigenvalue weighted by Crippen LogP contribution is 2.36. The summed E-state index contributed by atoms with van der Waals surface area (Å²) < 4.78 is 0. The smallest absolute Gasteiger partial charge is 0.228 e. The Bertz CT molecular complexity index is 420. The Hall–Kier alpha value is -0.830. The van der Waals surface area contributed by atoms with Crippen LogP contribution in [0.25, 0.3) is 0 Å². The second-order valence-electron chi connectivity index (χ2n) is 5.17. The molecular weight excluding hydrogens is 218 g/mol. The Labute approximate surface area is 100 Å². The van der Waals surface area contributed by atoms with E-state index in [0.29, 0.717) is 5.92 Å². The van der Waals surface area contributed by atoms with Crippen LogP contribution in [-0.4, -0.2) is 5.91 Å². The van der Waals surface area contributed by atoms with Gasteiger partial charge in [0, 0.05) is 10.8 Å². The molecule has 1 fully saturated rings. The number of rotatable bonds is 2. The van der Waals surface area contributed by atoms with E-state index in [9.17, 15) is 4.79 Å². The molecule has 3 heteroatoms. The lowest BCUT2D eigenvalue weighted by Gasteiger charge is -2.16. The van der Waals surface area contributed by atoms with Gasteiger partial charge in [-0.15, -0.1) is 11.3 Å². The van der Waals surface area contributed by atoms with Crippen molar-refractivity contribution in [1.29, 1.82) is 0 Å². The molecule has 3 rings (SSSR count). The summed E-state index contributed by atoms with van der Waals surface area (Å²) in [6, 6.07) is 2.19.